The van der Waals surface area contributed by atoms with Crippen LogP contribution in [0.1, 0.15) is 5.56 Å². The summed E-state index contributed by atoms with van der Waals surface area (Å²) in [7, 11) is -1.41. The molecule has 12 heavy (non-hydrogen) atoms. The number of hydrogen-bond donors (Lipinski definition) is 3. The van der Waals surface area contributed by atoms with Crippen molar-refractivity contribution in [3.8, 4) is 0 Å². The van der Waals surface area contributed by atoms with E-state index in [4.69, 9.17) is 10.0 Å². The van der Waals surface area contributed by atoms with Crippen molar-refractivity contribution in [3.05, 3.63) is 18.0 Å². The molecule has 2 rings (SSSR count). The molecule has 5 heteroatoms. The van der Waals surface area contributed by atoms with Crippen molar-refractivity contribution in [2.24, 2.45) is 0 Å². The highest BCUT2D eigenvalue weighted by atomic mass is 16.4. The largest absolute Gasteiger partial charge is 0.490 e. The number of pyridine rings is 1. The van der Waals surface area contributed by atoms with Gasteiger partial charge in [-0.1, -0.05) is 0 Å². The van der Waals surface area contributed by atoms with Gasteiger partial charge >= 0.3 is 7.12 Å². The summed E-state index contributed by atoms with van der Waals surface area (Å²) >= 11 is 0. The zero-order valence-corrected chi connectivity index (χ0v) is 6.49. The highest BCUT2D eigenvalue weighted by molar-refractivity contribution is 6.59. The first-order chi connectivity index (χ1) is 5.79. The van der Waals surface area contributed by atoms with Gasteiger partial charge in [0.15, 0.2) is 0 Å². The van der Waals surface area contributed by atoms with Crippen LogP contribution in [0, 0.1) is 0 Å². The van der Waals surface area contributed by atoms with E-state index >= 15 is 0 Å². The molecule has 0 bridgehead atoms. The molecule has 2 heterocycles. The Morgan fingerprint density at radius 2 is 2.25 bits per heavy atom. The van der Waals surface area contributed by atoms with Gasteiger partial charge in [-0.15, -0.1) is 0 Å². The topological polar surface area (TPSA) is 65.4 Å². The van der Waals surface area contributed by atoms with Gasteiger partial charge in [0.25, 0.3) is 0 Å². The van der Waals surface area contributed by atoms with Crippen LogP contribution in [0.2, 0.25) is 0 Å². The van der Waals surface area contributed by atoms with Crippen molar-refractivity contribution in [1.29, 1.82) is 0 Å². The van der Waals surface area contributed by atoms with Crippen LogP contribution >= 0.6 is 0 Å². The van der Waals surface area contributed by atoms with Gasteiger partial charge in [0.1, 0.15) is 0 Å². The van der Waals surface area contributed by atoms with E-state index < -0.39 is 7.12 Å². The minimum absolute atomic E-state index is 0.512. The van der Waals surface area contributed by atoms with Gasteiger partial charge in [0, 0.05) is 18.2 Å². The van der Waals surface area contributed by atoms with Gasteiger partial charge in [-0.25, -0.2) is 0 Å². The van der Waals surface area contributed by atoms with Crippen molar-refractivity contribution in [2.75, 3.05) is 11.9 Å². The van der Waals surface area contributed by atoms with Gasteiger partial charge in [0.05, 0.1) is 11.9 Å². The third kappa shape index (κ3) is 1.07. The molecule has 0 radical (unpaired) electrons. The lowest BCUT2D eigenvalue weighted by molar-refractivity contribution is 0.425. The predicted molar refractivity (Wildman–Crippen MR) is 46.3 cm³/mol. The molecule has 3 N–H and O–H groups in total. The lowest BCUT2D eigenvalue weighted by Crippen LogP contribution is -2.33. The molecule has 1 aliphatic heterocycles. The summed E-state index contributed by atoms with van der Waals surface area (Å²) < 4.78 is 0. The van der Waals surface area contributed by atoms with E-state index in [-0.39, 0.29) is 0 Å². The zero-order valence-electron chi connectivity index (χ0n) is 6.49. The highest BCUT2D eigenvalue weighted by Gasteiger charge is 2.21. The average Bonchev–Trinajstić information content (AvgIpc) is 2.49. The normalized spacial score (nSPS) is 13.8. The van der Waals surface area contributed by atoms with Crippen LogP contribution in [0.5, 0.6) is 0 Å². The van der Waals surface area contributed by atoms with Crippen LogP contribution < -0.4 is 10.8 Å². The fourth-order valence-corrected chi connectivity index (χ4v) is 1.48. The second-order valence-electron chi connectivity index (χ2n) is 2.81. The highest BCUT2D eigenvalue weighted by Crippen LogP contribution is 2.17. The number of fused-ring (bicyclic) bond motifs is 1. The maximum atomic E-state index is 8.98. The van der Waals surface area contributed by atoms with Crippen molar-refractivity contribution in [1.82, 2.24) is 4.98 Å². The van der Waals surface area contributed by atoms with Crippen LogP contribution in [0.15, 0.2) is 12.4 Å². The van der Waals surface area contributed by atoms with Gasteiger partial charge in [-0.2, -0.15) is 0 Å². The third-order valence-electron chi connectivity index (χ3n) is 2.06. The molecular formula is C7H9BN2O2. The molecule has 0 fully saturated rings. The number of hydrogen-bond acceptors (Lipinski definition) is 4. The monoisotopic (exact) mass is 164 g/mol. The molecule has 0 aromatic carbocycles. The van der Waals surface area contributed by atoms with Crippen molar-refractivity contribution in [3.63, 3.8) is 0 Å². The van der Waals surface area contributed by atoms with Crippen molar-refractivity contribution < 1.29 is 10.0 Å². The smallest absolute Gasteiger partial charge is 0.423 e. The standard InChI is InChI=1S/C7H9BN2O2/c11-8(12)6-3-9-4-7-5(6)1-2-10-7/h3-4,10-12H,1-2H2. The van der Waals surface area contributed by atoms with E-state index in [0.717, 1.165) is 24.2 Å². The first-order valence-corrected chi connectivity index (χ1v) is 3.86. The van der Waals surface area contributed by atoms with E-state index in [1.54, 1.807) is 6.20 Å². The second kappa shape index (κ2) is 2.77. The van der Waals surface area contributed by atoms with Gasteiger partial charge in [-0.3, -0.25) is 4.98 Å². The van der Waals surface area contributed by atoms with Crippen LogP contribution in [0.25, 0.3) is 0 Å². The first-order valence-electron chi connectivity index (χ1n) is 3.86. The minimum Gasteiger partial charge on any atom is -0.423 e. The van der Waals surface area contributed by atoms with E-state index in [1.165, 1.54) is 6.20 Å². The SMILES string of the molecule is OB(O)c1cncc2c1CCN2. The Bertz CT molecular complexity index is 303. The summed E-state index contributed by atoms with van der Waals surface area (Å²) in [5, 5.41) is 21.1. The molecule has 0 saturated carbocycles. The Labute approximate surface area is 70.4 Å². The fourth-order valence-electron chi connectivity index (χ4n) is 1.48. The molecule has 0 saturated heterocycles. The molecule has 1 aliphatic rings. The predicted octanol–water partition coefficient (Wildman–Crippen LogP) is -1.27. The summed E-state index contributed by atoms with van der Waals surface area (Å²) in [5.41, 5.74) is 2.40. The Balaban J connectivity index is 2.49. The molecule has 0 atom stereocenters. The molecule has 0 spiro atoms. The lowest BCUT2D eigenvalue weighted by atomic mass is 9.77. The van der Waals surface area contributed by atoms with Gasteiger partial charge < -0.3 is 15.4 Å². The maximum absolute atomic E-state index is 8.98. The van der Waals surface area contributed by atoms with E-state index in [9.17, 15) is 0 Å². The number of anilines is 1. The Morgan fingerprint density at radius 3 is 3.00 bits per heavy atom. The molecular weight excluding hydrogens is 155 g/mol. The molecule has 0 amide bonds. The molecule has 0 aliphatic carbocycles. The van der Waals surface area contributed by atoms with Crippen LogP contribution in [-0.2, 0) is 6.42 Å². The molecule has 1 aromatic rings. The number of aromatic nitrogens is 1. The summed E-state index contributed by atoms with van der Waals surface area (Å²) in [4.78, 5) is 3.90. The minimum atomic E-state index is -1.41. The summed E-state index contributed by atoms with van der Waals surface area (Å²) in [5.74, 6) is 0. The van der Waals surface area contributed by atoms with E-state index in [1.807, 2.05) is 0 Å². The summed E-state index contributed by atoms with van der Waals surface area (Å²) in [6, 6.07) is 0. The lowest BCUT2D eigenvalue weighted by Gasteiger charge is -2.04. The summed E-state index contributed by atoms with van der Waals surface area (Å²) in [6.45, 7) is 0.848. The molecule has 62 valence electrons. The Hall–Kier alpha value is -1.07. The molecule has 1 aromatic heterocycles. The van der Waals surface area contributed by atoms with Crippen LogP contribution in [0.4, 0.5) is 5.69 Å². The second-order valence-corrected chi connectivity index (χ2v) is 2.81. The fraction of sp³-hybridized carbons (Fsp3) is 0.286. The maximum Gasteiger partial charge on any atom is 0.490 e. The molecule has 4 nitrogen and oxygen atoms in total. The van der Waals surface area contributed by atoms with E-state index in [2.05, 4.69) is 10.3 Å². The van der Waals surface area contributed by atoms with E-state index in [0.29, 0.717) is 5.46 Å². The number of nitrogens with one attached hydrogen (secondary N) is 1. The Morgan fingerprint density at radius 1 is 1.42 bits per heavy atom. The number of nitrogens with zero attached hydrogens (tertiary/aromatic N) is 1. The molecule has 0 unspecified atom stereocenters. The Kier molecular flexibility index (Phi) is 1.75. The van der Waals surface area contributed by atoms with Crippen molar-refractivity contribution in [2.45, 2.75) is 6.42 Å². The van der Waals surface area contributed by atoms with Gasteiger partial charge in [0.2, 0.25) is 0 Å². The van der Waals surface area contributed by atoms with Gasteiger partial charge in [-0.05, 0) is 12.0 Å². The average molecular weight is 164 g/mol. The first kappa shape index (κ1) is 7.58. The van der Waals surface area contributed by atoms with Crippen molar-refractivity contribution >= 4 is 18.3 Å². The number of rotatable bonds is 1. The quantitative estimate of drug-likeness (QED) is 0.452. The summed E-state index contributed by atoms with van der Waals surface area (Å²) in [6.07, 6.45) is 4.04. The van der Waals surface area contributed by atoms with Crippen LogP contribution in [0.3, 0.4) is 0 Å². The zero-order chi connectivity index (χ0) is 8.55. The van der Waals surface area contributed by atoms with Crippen LogP contribution in [-0.4, -0.2) is 28.7 Å². The third-order valence-corrected chi connectivity index (χ3v) is 2.06.